The van der Waals surface area contributed by atoms with Gasteiger partial charge in [0.15, 0.2) is 0 Å². The van der Waals surface area contributed by atoms with Crippen molar-refractivity contribution >= 4 is 0 Å². The molecular formula is H18N6Ni+2. The summed E-state index contributed by atoms with van der Waals surface area (Å²) in [4.78, 5) is 0. The van der Waals surface area contributed by atoms with Gasteiger partial charge in [-0.2, -0.15) is 0 Å². The maximum Gasteiger partial charge on any atom is 2.00 e. The number of hydrogen-bond donors (Lipinski definition) is 6. The van der Waals surface area contributed by atoms with E-state index >= 15 is 0 Å². The molecule has 56 valence electrons. The molecule has 0 unspecified atom stereocenters. The molecule has 7 heavy (non-hydrogen) atoms. The fourth-order valence-electron chi connectivity index (χ4n) is 0. The summed E-state index contributed by atoms with van der Waals surface area (Å²) in [5.74, 6) is 0. The van der Waals surface area contributed by atoms with Crippen LogP contribution in [0.5, 0.6) is 0 Å². The quantitative estimate of drug-likeness (QED) is 0.284. The second-order valence-electron chi connectivity index (χ2n) is 0. The van der Waals surface area contributed by atoms with Crippen molar-refractivity contribution < 1.29 is 16.5 Å². The average molecular weight is 161 g/mol. The molecule has 0 spiro atoms. The Hall–Kier alpha value is 0.254. The zero-order valence-corrected chi connectivity index (χ0v) is 5.55. The van der Waals surface area contributed by atoms with Gasteiger partial charge in [0, 0.05) is 0 Å². The van der Waals surface area contributed by atoms with Crippen molar-refractivity contribution in [3.8, 4) is 0 Å². The van der Waals surface area contributed by atoms with Gasteiger partial charge in [0.25, 0.3) is 0 Å². The molecule has 0 aromatic carbocycles. The minimum atomic E-state index is 0. The molecule has 0 aromatic heterocycles. The first-order valence-corrected chi connectivity index (χ1v) is 0. The van der Waals surface area contributed by atoms with Crippen molar-refractivity contribution in [1.82, 2.24) is 36.9 Å². The Morgan fingerprint density at radius 3 is 0.286 bits per heavy atom. The van der Waals surface area contributed by atoms with Crippen molar-refractivity contribution in [3.63, 3.8) is 0 Å². The largest absolute Gasteiger partial charge is 2.00 e. The standard InChI is InChI=1S/6H3N.Ni/h6*1H3;/q;;;;;;+2. The first-order valence-electron chi connectivity index (χ1n) is 0. The number of hydrogen-bond acceptors (Lipinski definition) is 6. The Balaban J connectivity index is 0. The van der Waals surface area contributed by atoms with E-state index in [4.69, 9.17) is 0 Å². The second-order valence-corrected chi connectivity index (χ2v) is 0. The third-order valence-electron chi connectivity index (χ3n) is 0. The SMILES string of the molecule is N.N.N.N.N.N.[Ni+2]. The van der Waals surface area contributed by atoms with Crippen LogP contribution in [0.3, 0.4) is 0 Å². The molecule has 0 aliphatic carbocycles. The van der Waals surface area contributed by atoms with Gasteiger partial charge in [-0.05, 0) is 0 Å². The molecule has 0 fully saturated rings. The third-order valence-corrected chi connectivity index (χ3v) is 0. The minimum absolute atomic E-state index is 0. The van der Waals surface area contributed by atoms with E-state index in [2.05, 4.69) is 0 Å². The normalized spacial score (nSPS) is 0. The van der Waals surface area contributed by atoms with Crippen LogP contribution in [0.25, 0.3) is 0 Å². The van der Waals surface area contributed by atoms with Crippen LogP contribution in [0.4, 0.5) is 0 Å². The molecule has 18 N–H and O–H groups in total. The first-order chi connectivity index (χ1) is 0. The van der Waals surface area contributed by atoms with Gasteiger partial charge in [-0.3, -0.25) is 0 Å². The molecule has 0 amide bonds. The van der Waals surface area contributed by atoms with E-state index in [1.54, 1.807) is 0 Å². The summed E-state index contributed by atoms with van der Waals surface area (Å²) < 4.78 is 0. The first kappa shape index (κ1) is 4410. The van der Waals surface area contributed by atoms with Gasteiger partial charge in [0.05, 0.1) is 0 Å². The summed E-state index contributed by atoms with van der Waals surface area (Å²) >= 11 is 0. The Morgan fingerprint density at radius 1 is 0.286 bits per heavy atom. The smallest absolute Gasteiger partial charge is 0.344 e. The Kier molecular flexibility index (Phi) is 1690000. The third kappa shape index (κ3) is 1760. The Morgan fingerprint density at radius 2 is 0.286 bits per heavy atom. The Labute approximate surface area is 54.2 Å². The van der Waals surface area contributed by atoms with Crippen molar-refractivity contribution in [1.29, 1.82) is 0 Å². The predicted octanol–water partition coefficient (Wildman–Crippen LogP) is 0.969. The van der Waals surface area contributed by atoms with Crippen LogP contribution in [0.15, 0.2) is 0 Å². The molecule has 0 radical (unpaired) electrons. The molecule has 0 saturated heterocycles. The van der Waals surface area contributed by atoms with Crippen LogP contribution in [0, 0.1) is 0 Å². The minimum Gasteiger partial charge on any atom is -0.344 e. The van der Waals surface area contributed by atoms with E-state index in [0.29, 0.717) is 0 Å². The molecule has 0 atom stereocenters. The maximum atomic E-state index is 0. The van der Waals surface area contributed by atoms with Crippen LogP contribution in [-0.4, -0.2) is 0 Å². The predicted molar refractivity (Wildman–Crippen MR) is 30.1 cm³/mol. The zero-order valence-electron chi connectivity index (χ0n) is 4.56. The van der Waals surface area contributed by atoms with E-state index in [1.165, 1.54) is 0 Å². The summed E-state index contributed by atoms with van der Waals surface area (Å²) in [7, 11) is 0. The fourth-order valence-corrected chi connectivity index (χ4v) is 0. The van der Waals surface area contributed by atoms with Crippen LogP contribution in [-0.2, 0) is 16.5 Å². The molecular weight excluding hydrogens is 143 g/mol. The van der Waals surface area contributed by atoms with E-state index in [0.717, 1.165) is 0 Å². The summed E-state index contributed by atoms with van der Waals surface area (Å²) in [5, 5.41) is 0. The van der Waals surface area contributed by atoms with E-state index in [9.17, 15) is 0 Å². The zero-order chi connectivity index (χ0) is 0. The van der Waals surface area contributed by atoms with Gasteiger partial charge in [0.2, 0.25) is 0 Å². The van der Waals surface area contributed by atoms with Crippen LogP contribution in [0.1, 0.15) is 0 Å². The van der Waals surface area contributed by atoms with Gasteiger partial charge >= 0.3 is 16.5 Å². The van der Waals surface area contributed by atoms with Gasteiger partial charge in [-0.25, -0.2) is 0 Å². The van der Waals surface area contributed by atoms with Crippen LogP contribution >= 0.6 is 0 Å². The van der Waals surface area contributed by atoms with E-state index < -0.39 is 0 Å². The molecule has 6 nitrogen and oxygen atoms in total. The maximum absolute atomic E-state index is 0. The van der Waals surface area contributed by atoms with E-state index in [1.807, 2.05) is 0 Å². The van der Waals surface area contributed by atoms with Gasteiger partial charge in [0.1, 0.15) is 0 Å². The van der Waals surface area contributed by atoms with Crippen molar-refractivity contribution in [3.05, 3.63) is 0 Å². The average Bonchev–Trinajstić information content (AvgIpc) is 0. The van der Waals surface area contributed by atoms with Crippen LogP contribution < -0.4 is 36.9 Å². The number of rotatable bonds is 0. The topological polar surface area (TPSA) is 210 Å². The molecule has 7 heteroatoms. The fraction of sp³-hybridized carbons (Fsp3) is 0. The molecule has 0 heterocycles. The Bertz CT molecular complexity index is 4.14. The van der Waals surface area contributed by atoms with Gasteiger partial charge in [-0.15, -0.1) is 0 Å². The van der Waals surface area contributed by atoms with E-state index in [-0.39, 0.29) is 53.4 Å². The summed E-state index contributed by atoms with van der Waals surface area (Å²) in [6.07, 6.45) is 0. The molecule has 0 bridgehead atoms. The second kappa shape index (κ2) is 2690. The van der Waals surface area contributed by atoms with Crippen molar-refractivity contribution in [2.45, 2.75) is 0 Å². The monoisotopic (exact) mass is 160 g/mol. The summed E-state index contributed by atoms with van der Waals surface area (Å²) in [6.45, 7) is 0. The van der Waals surface area contributed by atoms with Gasteiger partial charge in [-0.1, -0.05) is 0 Å². The van der Waals surface area contributed by atoms with Crippen LogP contribution in [0.2, 0.25) is 0 Å². The molecule has 0 rings (SSSR count). The van der Waals surface area contributed by atoms with Crippen molar-refractivity contribution in [2.24, 2.45) is 0 Å². The summed E-state index contributed by atoms with van der Waals surface area (Å²) in [6, 6.07) is 0. The molecule has 0 aromatic rings. The summed E-state index contributed by atoms with van der Waals surface area (Å²) in [5.41, 5.74) is 0. The molecule has 0 aliphatic rings. The molecule has 0 aliphatic heterocycles. The van der Waals surface area contributed by atoms with Gasteiger partial charge < -0.3 is 36.9 Å². The van der Waals surface area contributed by atoms with Crippen molar-refractivity contribution in [2.75, 3.05) is 0 Å². The molecule has 0 saturated carbocycles.